The van der Waals surface area contributed by atoms with Crippen molar-refractivity contribution in [2.45, 2.75) is 30.6 Å². The van der Waals surface area contributed by atoms with E-state index in [1.165, 1.54) is 31.7 Å². The van der Waals surface area contributed by atoms with Gasteiger partial charge in [-0.3, -0.25) is 4.21 Å². The summed E-state index contributed by atoms with van der Waals surface area (Å²) in [6, 6.07) is 4.98. The molecule has 4 atom stereocenters. The van der Waals surface area contributed by atoms with Gasteiger partial charge in [-0.2, -0.15) is 0 Å². The lowest BCUT2D eigenvalue weighted by molar-refractivity contribution is 0.0695. The van der Waals surface area contributed by atoms with Gasteiger partial charge >= 0.3 is 5.97 Å². The lowest BCUT2D eigenvalue weighted by Crippen LogP contribution is -2.18. The van der Waals surface area contributed by atoms with E-state index in [9.17, 15) is 9.00 Å². The molecule has 4 unspecified atom stereocenters. The topological polar surface area (TPSA) is 54.4 Å². The average molecular weight is 357 g/mol. The quantitative estimate of drug-likeness (QED) is 0.894. The van der Waals surface area contributed by atoms with Crippen molar-refractivity contribution in [3.05, 3.63) is 28.2 Å². The van der Waals surface area contributed by atoms with Gasteiger partial charge in [-0.1, -0.05) is 6.42 Å². The van der Waals surface area contributed by atoms with Crippen molar-refractivity contribution in [2.75, 3.05) is 5.75 Å². The van der Waals surface area contributed by atoms with Gasteiger partial charge in [0, 0.05) is 15.1 Å². The number of hydrogen-bond donors (Lipinski definition) is 1. The molecule has 0 amide bonds. The molecule has 2 fully saturated rings. The maximum atomic E-state index is 12.5. The van der Waals surface area contributed by atoms with Crippen LogP contribution in [0, 0.1) is 17.8 Å². The number of aromatic carboxylic acids is 1. The van der Waals surface area contributed by atoms with Gasteiger partial charge < -0.3 is 5.11 Å². The summed E-state index contributed by atoms with van der Waals surface area (Å²) in [4.78, 5) is 11.7. The van der Waals surface area contributed by atoms with Crippen LogP contribution in [-0.4, -0.2) is 21.0 Å². The second-order valence-corrected chi connectivity index (χ2v) is 8.24. The fourth-order valence-corrected chi connectivity index (χ4v) is 5.56. The monoisotopic (exact) mass is 356 g/mol. The number of benzene rings is 1. The van der Waals surface area contributed by atoms with E-state index in [0.717, 1.165) is 11.8 Å². The van der Waals surface area contributed by atoms with Gasteiger partial charge in [-0.25, -0.2) is 4.79 Å². The molecule has 1 N–H and O–H groups in total. The Bertz CT molecular complexity index is 572. The van der Waals surface area contributed by atoms with E-state index in [4.69, 9.17) is 5.11 Å². The van der Waals surface area contributed by atoms with Gasteiger partial charge in [0.25, 0.3) is 0 Å². The first-order valence-electron chi connectivity index (χ1n) is 6.96. The molecule has 1 aromatic rings. The first-order valence-corrected chi connectivity index (χ1v) is 9.07. The predicted molar refractivity (Wildman–Crippen MR) is 81.3 cm³/mol. The normalized spacial score (nSPS) is 29.6. The molecular weight excluding hydrogens is 340 g/mol. The summed E-state index contributed by atoms with van der Waals surface area (Å²) in [5, 5.41) is 9.11. The Morgan fingerprint density at radius 2 is 2.15 bits per heavy atom. The Balaban J connectivity index is 1.74. The molecule has 1 aromatic carbocycles. The molecule has 5 heteroatoms. The highest BCUT2D eigenvalue weighted by molar-refractivity contribution is 9.10. The smallest absolute Gasteiger partial charge is 0.336 e. The molecule has 0 heterocycles. The highest BCUT2D eigenvalue weighted by Gasteiger charge is 2.40. The number of rotatable bonds is 4. The Kier molecular flexibility index (Phi) is 4.00. The molecule has 20 heavy (non-hydrogen) atoms. The van der Waals surface area contributed by atoms with Crippen molar-refractivity contribution in [3.63, 3.8) is 0 Å². The average Bonchev–Trinajstić information content (AvgIpc) is 3.01. The first-order chi connectivity index (χ1) is 9.54. The first kappa shape index (κ1) is 14.3. The summed E-state index contributed by atoms with van der Waals surface area (Å²) < 4.78 is 13.0. The van der Waals surface area contributed by atoms with Crippen molar-refractivity contribution in [1.29, 1.82) is 0 Å². The Labute approximate surface area is 129 Å². The highest BCUT2D eigenvalue weighted by atomic mass is 79.9. The third-order valence-electron chi connectivity index (χ3n) is 4.68. The zero-order chi connectivity index (χ0) is 14.3. The van der Waals surface area contributed by atoms with Crippen molar-refractivity contribution in [3.8, 4) is 0 Å². The van der Waals surface area contributed by atoms with E-state index in [1.54, 1.807) is 12.1 Å². The van der Waals surface area contributed by atoms with Crippen LogP contribution in [0.4, 0.5) is 0 Å². The summed E-state index contributed by atoms with van der Waals surface area (Å²) in [6.45, 7) is 0. The van der Waals surface area contributed by atoms with Crippen LogP contribution in [0.5, 0.6) is 0 Å². The molecule has 2 saturated carbocycles. The third kappa shape index (κ3) is 2.70. The van der Waals surface area contributed by atoms with Crippen LogP contribution < -0.4 is 0 Å². The molecule has 2 aliphatic carbocycles. The maximum Gasteiger partial charge on any atom is 0.336 e. The van der Waals surface area contributed by atoms with E-state index in [-0.39, 0.29) is 5.56 Å². The van der Waals surface area contributed by atoms with Crippen molar-refractivity contribution >= 4 is 32.7 Å². The number of carboxylic acid groups (broad SMARTS) is 1. The Morgan fingerprint density at radius 1 is 1.35 bits per heavy atom. The minimum Gasteiger partial charge on any atom is -0.478 e. The van der Waals surface area contributed by atoms with Gasteiger partial charge in [-0.05, 0) is 71.1 Å². The summed E-state index contributed by atoms with van der Waals surface area (Å²) in [5.74, 6) is 1.85. The Hall–Kier alpha value is -0.680. The van der Waals surface area contributed by atoms with Crippen LogP contribution in [0.3, 0.4) is 0 Å². The van der Waals surface area contributed by atoms with E-state index in [1.807, 2.05) is 0 Å². The van der Waals surface area contributed by atoms with Crippen molar-refractivity contribution < 1.29 is 14.1 Å². The minimum absolute atomic E-state index is 0.184. The Morgan fingerprint density at radius 3 is 2.75 bits per heavy atom. The van der Waals surface area contributed by atoms with Crippen LogP contribution in [0.15, 0.2) is 27.6 Å². The molecule has 0 aliphatic heterocycles. The van der Waals surface area contributed by atoms with Crippen LogP contribution >= 0.6 is 15.9 Å². The van der Waals surface area contributed by atoms with E-state index < -0.39 is 16.8 Å². The molecule has 3 rings (SSSR count). The lowest BCUT2D eigenvalue weighted by Gasteiger charge is -2.21. The van der Waals surface area contributed by atoms with Crippen molar-refractivity contribution in [1.82, 2.24) is 0 Å². The second-order valence-electron chi connectivity index (χ2n) is 5.89. The van der Waals surface area contributed by atoms with Crippen LogP contribution in [0.1, 0.15) is 36.0 Å². The summed E-state index contributed by atoms with van der Waals surface area (Å²) in [7, 11) is -1.09. The van der Waals surface area contributed by atoms with E-state index >= 15 is 0 Å². The molecule has 0 spiro atoms. The second kappa shape index (κ2) is 5.60. The SMILES string of the molecule is O=C(O)c1cc(S(=O)CC2CC3CCC2C3)ccc1Br. The summed E-state index contributed by atoms with van der Waals surface area (Å²) in [6.07, 6.45) is 5.14. The van der Waals surface area contributed by atoms with E-state index in [2.05, 4.69) is 15.9 Å². The van der Waals surface area contributed by atoms with Gasteiger partial charge in [0.15, 0.2) is 0 Å². The summed E-state index contributed by atoms with van der Waals surface area (Å²) >= 11 is 3.22. The zero-order valence-electron chi connectivity index (χ0n) is 11.0. The van der Waals surface area contributed by atoms with Gasteiger partial charge in [-0.15, -0.1) is 0 Å². The lowest BCUT2D eigenvalue weighted by atomic mass is 9.90. The van der Waals surface area contributed by atoms with Crippen LogP contribution in [0.25, 0.3) is 0 Å². The highest BCUT2D eigenvalue weighted by Crippen LogP contribution is 2.48. The van der Waals surface area contributed by atoms with Crippen molar-refractivity contribution in [2.24, 2.45) is 17.8 Å². The molecule has 108 valence electrons. The molecule has 3 nitrogen and oxygen atoms in total. The van der Waals surface area contributed by atoms with Gasteiger partial charge in [0.05, 0.1) is 16.4 Å². The number of halogens is 1. The summed E-state index contributed by atoms with van der Waals surface area (Å²) in [5.41, 5.74) is 0.184. The van der Waals surface area contributed by atoms with Gasteiger partial charge in [0.1, 0.15) is 0 Å². The molecule has 0 radical (unpaired) electrons. The molecule has 2 bridgehead atoms. The van der Waals surface area contributed by atoms with Crippen LogP contribution in [-0.2, 0) is 10.8 Å². The molecule has 2 aliphatic rings. The predicted octanol–water partition coefficient (Wildman–Crippen LogP) is 3.69. The minimum atomic E-state index is -1.09. The molecular formula is C15H17BrO3S. The fraction of sp³-hybridized carbons (Fsp3) is 0.533. The number of hydrogen-bond acceptors (Lipinski definition) is 2. The van der Waals surface area contributed by atoms with Crippen LogP contribution in [0.2, 0.25) is 0 Å². The fourth-order valence-electron chi connectivity index (χ4n) is 3.68. The zero-order valence-corrected chi connectivity index (χ0v) is 13.5. The maximum absolute atomic E-state index is 12.5. The third-order valence-corrected chi connectivity index (χ3v) is 6.88. The number of carboxylic acids is 1. The standard InChI is InChI=1S/C15H17BrO3S/c16-14-4-3-12(7-13(14)15(17)18)20(19)8-11-6-9-1-2-10(11)5-9/h3-4,7,9-11H,1-2,5-6,8H2,(H,17,18). The molecule has 0 saturated heterocycles. The number of fused-ring (bicyclic) bond motifs is 2. The largest absolute Gasteiger partial charge is 0.478 e. The van der Waals surface area contributed by atoms with E-state index in [0.29, 0.717) is 21.0 Å². The van der Waals surface area contributed by atoms with Gasteiger partial charge in [0.2, 0.25) is 0 Å². The number of carbonyl (C=O) groups is 1. The molecule has 0 aromatic heterocycles.